The minimum atomic E-state index is -4.43. The van der Waals surface area contributed by atoms with E-state index in [0.29, 0.717) is 41.2 Å². The Morgan fingerprint density at radius 1 is 1.12 bits per heavy atom. The Kier molecular flexibility index (Phi) is 9.73. The summed E-state index contributed by atoms with van der Waals surface area (Å²) in [6.07, 6.45) is -1.02. The van der Waals surface area contributed by atoms with Crippen LogP contribution in [-0.4, -0.2) is 83.4 Å². The Labute approximate surface area is 238 Å². The van der Waals surface area contributed by atoms with Gasteiger partial charge < -0.3 is 29.6 Å². The number of sulfone groups is 1. The molecular formula is C29H35F3N4O4S. The van der Waals surface area contributed by atoms with E-state index in [0.717, 1.165) is 32.2 Å². The van der Waals surface area contributed by atoms with Gasteiger partial charge in [-0.1, -0.05) is 12.0 Å². The van der Waals surface area contributed by atoms with E-state index in [2.05, 4.69) is 34.4 Å². The van der Waals surface area contributed by atoms with E-state index in [1.54, 1.807) is 24.3 Å². The van der Waals surface area contributed by atoms with Gasteiger partial charge in [0.25, 0.3) is 0 Å². The van der Waals surface area contributed by atoms with Crippen LogP contribution in [0.15, 0.2) is 47.4 Å². The lowest BCUT2D eigenvalue weighted by Crippen LogP contribution is -2.37. The number of halogens is 3. The highest BCUT2D eigenvalue weighted by Crippen LogP contribution is 2.30. The SMILES string of the molecule is COc1cc(S(C)(=O)=O)ccc1NCC#Cc1cc2c(NCCO[C@@H]3CCCN(C)C3)cccc2n1CC(F)(F)F. The molecule has 4 rings (SSSR count). The van der Waals surface area contributed by atoms with Crippen LogP contribution in [0.3, 0.4) is 0 Å². The highest BCUT2D eigenvalue weighted by atomic mass is 32.2. The first kappa shape index (κ1) is 30.6. The molecule has 12 heteroatoms. The first-order valence-electron chi connectivity index (χ1n) is 13.3. The number of hydrogen-bond acceptors (Lipinski definition) is 7. The number of aromatic nitrogens is 1. The number of benzene rings is 2. The first-order valence-corrected chi connectivity index (χ1v) is 15.2. The van der Waals surface area contributed by atoms with Gasteiger partial charge in [0, 0.05) is 36.5 Å². The van der Waals surface area contributed by atoms with Crippen LogP contribution in [0.4, 0.5) is 24.5 Å². The normalized spacial score (nSPS) is 16.3. The fourth-order valence-corrected chi connectivity index (χ4v) is 5.52. The van der Waals surface area contributed by atoms with Crippen molar-refractivity contribution in [1.29, 1.82) is 0 Å². The zero-order chi connectivity index (χ0) is 29.6. The molecule has 0 saturated carbocycles. The molecule has 8 nitrogen and oxygen atoms in total. The third kappa shape index (κ3) is 8.31. The molecule has 0 radical (unpaired) electrons. The quantitative estimate of drug-likeness (QED) is 0.263. The Morgan fingerprint density at radius 3 is 2.63 bits per heavy atom. The van der Waals surface area contributed by atoms with Gasteiger partial charge in [0.1, 0.15) is 12.3 Å². The van der Waals surface area contributed by atoms with Crippen molar-refractivity contribution in [2.45, 2.75) is 36.6 Å². The summed E-state index contributed by atoms with van der Waals surface area (Å²) in [5.41, 5.74) is 1.88. The fraction of sp³-hybridized carbons (Fsp3) is 0.448. The molecular weight excluding hydrogens is 557 g/mol. The molecule has 0 amide bonds. The van der Waals surface area contributed by atoms with E-state index in [1.807, 2.05) is 6.07 Å². The molecule has 1 aliphatic heterocycles. The number of likely N-dealkylation sites (N-methyl/N-ethyl adjacent to an activating group) is 1. The number of piperidine rings is 1. The third-order valence-corrected chi connectivity index (χ3v) is 7.93. The molecule has 1 fully saturated rings. The van der Waals surface area contributed by atoms with Crippen molar-refractivity contribution in [3.8, 4) is 17.6 Å². The lowest BCUT2D eigenvalue weighted by atomic mass is 10.1. The van der Waals surface area contributed by atoms with Crippen LogP contribution >= 0.6 is 0 Å². The third-order valence-electron chi connectivity index (χ3n) is 6.82. The van der Waals surface area contributed by atoms with Crippen molar-refractivity contribution in [3.63, 3.8) is 0 Å². The van der Waals surface area contributed by atoms with Gasteiger partial charge in [-0.3, -0.25) is 0 Å². The average Bonchev–Trinajstić information content (AvgIpc) is 3.25. The van der Waals surface area contributed by atoms with E-state index < -0.39 is 22.6 Å². The molecule has 2 N–H and O–H groups in total. The van der Waals surface area contributed by atoms with Crippen molar-refractivity contribution >= 4 is 32.1 Å². The van der Waals surface area contributed by atoms with Crippen molar-refractivity contribution in [2.24, 2.45) is 0 Å². The molecule has 1 aromatic heterocycles. The molecule has 1 aliphatic rings. The zero-order valence-electron chi connectivity index (χ0n) is 23.3. The number of nitrogens with zero attached hydrogens (tertiary/aromatic N) is 2. The van der Waals surface area contributed by atoms with Crippen LogP contribution in [0.2, 0.25) is 0 Å². The minimum Gasteiger partial charge on any atom is -0.495 e. The zero-order valence-corrected chi connectivity index (χ0v) is 24.2. The Morgan fingerprint density at radius 2 is 1.93 bits per heavy atom. The number of anilines is 2. The summed E-state index contributed by atoms with van der Waals surface area (Å²) in [5.74, 6) is 6.06. The van der Waals surface area contributed by atoms with E-state index >= 15 is 0 Å². The summed E-state index contributed by atoms with van der Waals surface area (Å²) in [6.45, 7) is 1.91. The maximum atomic E-state index is 13.5. The molecule has 3 aromatic rings. The maximum absolute atomic E-state index is 13.5. The van der Waals surface area contributed by atoms with Gasteiger partial charge in [-0.15, -0.1) is 0 Å². The number of fused-ring (bicyclic) bond motifs is 1. The molecule has 0 unspecified atom stereocenters. The summed E-state index contributed by atoms with van der Waals surface area (Å²) >= 11 is 0. The van der Waals surface area contributed by atoms with Gasteiger partial charge in [-0.2, -0.15) is 13.2 Å². The van der Waals surface area contributed by atoms with Gasteiger partial charge in [-0.05, 0) is 62.7 Å². The predicted octanol–water partition coefficient (Wildman–Crippen LogP) is 4.60. The highest BCUT2D eigenvalue weighted by Gasteiger charge is 2.30. The molecule has 0 spiro atoms. The van der Waals surface area contributed by atoms with Gasteiger partial charge in [-0.25, -0.2) is 8.42 Å². The number of hydrogen-bond donors (Lipinski definition) is 2. The molecule has 2 aromatic carbocycles. The van der Waals surface area contributed by atoms with Crippen molar-refractivity contribution in [3.05, 3.63) is 48.2 Å². The van der Waals surface area contributed by atoms with E-state index in [1.165, 1.54) is 23.8 Å². The largest absolute Gasteiger partial charge is 0.495 e. The number of methoxy groups -OCH3 is 1. The van der Waals surface area contributed by atoms with E-state index in [9.17, 15) is 21.6 Å². The molecule has 0 bridgehead atoms. The summed E-state index contributed by atoms with van der Waals surface area (Å²) in [5, 5.41) is 6.99. The van der Waals surface area contributed by atoms with Gasteiger partial charge >= 0.3 is 6.18 Å². The fourth-order valence-electron chi connectivity index (χ4n) is 4.88. The Bertz CT molecular complexity index is 1530. The van der Waals surface area contributed by atoms with Crippen LogP contribution in [0.5, 0.6) is 5.75 Å². The second kappa shape index (κ2) is 13.1. The second-order valence-corrected chi connectivity index (χ2v) is 12.1. The summed E-state index contributed by atoms with van der Waals surface area (Å²) in [6, 6.07) is 11.3. The standard InChI is InChI=1S/C29H35F3N4O4S/c1-35-15-6-8-22(19-35)40-16-14-34-25-9-4-10-27-24(25)17-21(36(27)20-29(30,31)32)7-5-13-33-26-12-11-23(41(3,37)38)18-28(26)39-2/h4,9-12,17-18,22,33-34H,6,8,13-16,19-20H2,1-3H3/t22-/m1/s1. The lowest BCUT2D eigenvalue weighted by molar-refractivity contribution is -0.140. The minimum absolute atomic E-state index is 0.0981. The van der Waals surface area contributed by atoms with Gasteiger partial charge in [0.15, 0.2) is 9.84 Å². The van der Waals surface area contributed by atoms with E-state index in [4.69, 9.17) is 9.47 Å². The Balaban J connectivity index is 1.49. The Hall–Kier alpha value is -3.40. The van der Waals surface area contributed by atoms with Crippen LogP contribution < -0.4 is 15.4 Å². The number of rotatable bonds is 10. The average molecular weight is 593 g/mol. The summed E-state index contributed by atoms with van der Waals surface area (Å²) in [7, 11) is 0.0831. The summed E-state index contributed by atoms with van der Waals surface area (Å²) in [4.78, 5) is 2.36. The number of nitrogens with one attached hydrogen (secondary N) is 2. The number of likely N-dealkylation sites (tertiary alicyclic amines) is 1. The van der Waals surface area contributed by atoms with Crippen molar-refractivity contribution in [2.75, 3.05) is 63.8 Å². The lowest BCUT2D eigenvalue weighted by Gasteiger charge is -2.29. The van der Waals surface area contributed by atoms with Crippen molar-refractivity contribution < 1.29 is 31.1 Å². The smallest absolute Gasteiger partial charge is 0.406 e. The second-order valence-electron chi connectivity index (χ2n) is 10.1. The van der Waals surface area contributed by atoms with Crippen molar-refractivity contribution in [1.82, 2.24) is 9.47 Å². The predicted molar refractivity (Wildman–Crippen MR) is 154 cm³/mol. The van der Waals surface area contributed by atoms with Crippen LogP contribution in [0, 0.1) is 11.8 Å². The number of alkyl halides is 3. The molecule has 1 saturated heterocycles. The molecule has 1 atom stereocenters. The van der Waals surface area contributed by atoms with Gasteiger partial charge in [0.2, 0.25) is 0 Å². The summed E-state index contributed by atoms with van der Waals surface area (Å²) < 4.78 is 76.6. The van der Waals surface area contributed by atoms with E-state index in [-0.39, 0.29) is 23.2 Å². The monoisotopic (exact) mass is 592 g/mol. The first-order chi connectivity index (χ1) is 19.4. The molecule has 222 valence electrons. The maximum Gasteiger partial charge on any atom is 0.406 e. The molecule has 0 aliphatic carbocycles. The highest BCUT2D eigenvalue weighted by molar-refractivity contribution is 7.90. The molecule has 2 heterocycles. The topological polar surface area (TPSA) is 84.8 Å². The van der Waals surface area contributed by atoms with Crippen LogP contribution in [0.25, 0.3) is 10.9 Å². The van der Waals surface area contributed by atoms with Gasteiger partial charge in [0.05, 0.1) is 48.2 Å². The number of ether oxygens (including phenoxy) is 2. The van der Waals surface area contributed by atoms with Crippen LogP contribution in [-0.2, 0) is 21.1 Å². The van der Waals surface area contributed by atoms with Crippen LogP contribution in [0.1, 0.15) is 18.5 Å². The molecule has 41 heavy (non-hydrogen) atoms.